The Hall–Kier alpha value is -2.50. The highest BCUT2D eigenvalue weighted by Crippen LogP contribution is 2.29. The van der Waals surface area contributed by atoms with Gasteiger partial charge >= 0.3 is 5.97 Å². The van der Waals surface area contributed by atoms with Crippen LogP contribution in [-0.4, -0.2) is 34.1 Å². The van der Waals surface area contributed by atoms with Crippen molar-refractivity contribution < 1.29 is 14.3 Å². The molecule has 0 unspecified atom stereocenters. The Morgan fingerprint density at radius 2 is 1.73 bits per heavy atom. The lowest BCUT2D eigenvalue weighted by Gasteiger charge is -2.32. The second kappa shape index (κ2) is 6.09. The molecule has 114 valence electrons. The lowest BCUT2D eigenvalue weighted by Crippen LogP contribution is -2.34. The quantitative estimate of drug-likeness (QED) is 0.944. The maximum atomic E-state index is 13.0. The highest BCUT2D eigenvalue weighted by Gasteiger charge is 2.22. The minimum absolute atomic E-state index is 0.0879. The molecule has 1 aromatic heterocycles. The maximum absolute atomic E-state index is 13.0. The van der Waals surface area contributed by atoms with Crippen LogP contribution in [-0.2, 0) is 0 Å². The summed E-state index contributed by atoms with van der Waals surface area (Å²) in [5.74, 6) is -0.271. The van der Waals surface area contributed by atoms with E-state index in [0.29, 0.717) is 11.9 Å². The number of anilines is 1. The zero-order chi connectivity index (χ0) is 15.5. The van der Waals surface area contributed by atoms with Crippen LogP contribution >= 0.6 is 0 Å². The summed E-state index contributed by atoms with van der Waals surface area (Å²) in [6.07, 6.45) is 4.54. The molecule has 0 atom stereocenters. The van der Waals surface area contributed by atoms with Gasteiger partial charge in [0, 0.05) is 25.5 Å². The Morgan fingerprint density at radius 3 is 2.27 bits per heavy atom. The van der Waals surface area contributed by atoms with Gasteiger partial charge in [-0.1, -0.05) is 12.1 Å². The summed E-state index contributed by atoms with van der Waals surface area (Å²) in [7, 11) is 0. The van der Waals surface area contributed by atoms with E-state index in [4.69, 9.17) is 5.11 Å². The predicted octanol–water partition coefficient (Wildman–Crippen LogP) is 2.70. The first kappa shape index (κ1) is 14.4. The maximum Gasteiger partial charge on any atom is 0.338 e. The van der Waals surface area contributed by atoms with E-state index in [2.05, 4.69) is 9.97 Å². The molecule has 0 radical (unpaired) electrons. The van der Waals surface area contributed by atoms with Crippen molar-refractivity contribution >= 4 is 11.9 Å². The van der Waals surface area contributed by atoms with Crippen molar-refractivity contribution in [2.75, 3.05) is 18.0 Å². The normalized spacial score (nSPS) is 15.8. The zero-order valence-electron chi connectivity index (χ0n) is 11.9. The Morgan fingerprint density at radius 1 is 1.14 bits per heavy atom. The third-order valence-corrected chi connectivity index (χ3v) is 4.00. The predicted molar refractivity (Wildman–Crippen MR) is 79.6 cm³/mol. The molecule has 1 saturated heterocycles. The number of aromatic nitrogens is 2. The standard InChI is InChI=1S/C16H16FN3O2/c17-14-3-1-11(2-4-14)12-5-7-20(8-6-12)16-18-9-13(10-19-16)15(21)22/h1-4,9-10,12H,5-8H2,(H,21,22). The van der Waals surface area contributed by atoms with E-state index in [9.17, 15) is 9.18 Å². The first-order valence-corrected chi connectivity index (χ1v) is 7.19. The van der Waals surface area contributed by atoms with Gasteiger partial charge in [0.15, 0.2) is 0 Å². The van der Waals surface area contributed by atoms with Crippen LogP contribution in [0, 0.1) is 5.82 Å². The molecule has 5 nitrogen and oxygen atoms in total. The van der Waals surface area contributed by atoms with Gasteiger partial charge in [-0.25, -0.2) is 19.2 Å². The minimum atomic E-state index is -1.03. The molecule has 0 bridgehead atoms. The molecular weight excluding hydrogens is 285 g/mol. The van der Waals surface area contributed by atoms with E-state index >= 15 is 0 Å². The van der Waals surface area contributed by atoms with Gasteiger partial charge in [-0.2, -0.15) is 0 Å². The Kier molecular flexibility index (Phi) is 4.00. The number of hydrogen-bond donors (Lipinski definition) is 1. The number of carbonyl (C=O) groups is 1. The summed E-state index contributed by atoms with van der Waals surface area (Å²) in [5, 5.41) is 8.85. The second-order valence-corrected chi connectivity index (χ2v) is 5.39. The highest BCUT2D eigenvalue weighted by molar-refractivity contribution is 5.86. The first-order valence-electron chi connectivity index (χ1n) is 7.19. The van der Waals surface area contributed by atoms with Crippen LogP contribution in [0.25, 0.3) is 0 Å². The average molecular weight is 301 g/mol. The summed E-state index contributed by atoms with van der Waals surface area (Å²) in [6, 6.07) is 6.67. The molecule has 1 fully saturated rings. The Labute approximate surface area is 127 Å². The largest absolute Gasteiger partial charge is 0.478 e. The number of piperidine rings is 1. The SMILES string of the molecule is O=C(O)c1cnc(N2CCC(c3ccc(F)cc3)CC2)nc1. The van der Waals surface area contributed by atoms with Gasteiger partial charge in [0.05, 0.1) is 5.56 Å². The fraction of sp³-hybridized carbons (Fsp3) is 0.312. The van der Waals surface area contributed by atoms with Crippen LogP contribution in [0.2, 0.25) is 0 Å². The molecule has 0 amide bonds. The summed E-state index contributed by atoms with van der Waals surface area (Å²) < 4.78 is 13.0. The van der Waals surface area contributed by atoms with Gasteiger partial charge in [-0.3, -0.25) is 0 Å². The van der Waals surface area contributed by atoms with Gasteiger partial charge in [-0.05, 0) is 36.5 Å². The van der Waals surface area contributed by atoms with Crippen molar-refractivity contribution in [3.63, 3.8) is 0 Å². The van der Waals surface area contributed by atoms with Crippen LogP contribution in [0.4, 0.5) is 10.3 Å². The Bertz CT molecular complexity index is 650. The molecule has 1 aliphatic rings. The summed E-state index contributed by atoms with van der Waals surface area (Å²) in [5.41, 5.74) is 1.24. The molecule has 1 aliphatic heterocycles. The molecule has 1 N–H and O–H groups in total. The number of hydrogen-bond acceptors (Lipinski definition) is 4. The summed E-state index contributed by atoms with van der Waals surface area (Å²) >= 11 is 0. The van der Waals surface area contributed by atoms with Crippen molar-refractivity contribution in [1.82, 2.24) is 9.97 Å². The molecule has 0 spiro atoms. The molecule has 0 saturated carbocycles. The van der Waals surface area contributed by atoms with E-state index < -0.39 is 5.97 Å². The topological polar surface area (TPSA) is 66.3 Å². The highest BCUT2D eigenvalue weighted by atomic mass is 19.1. The lowest BCUT2D eigenvalue weighted by atomic mass is 9.89. The fourth-order valence-corrected chi connectivity index (χ4v) is 2.74. The average Bonchev–Trinajstić information content (AvgIpc) is 2.56. The van der Waals surface area contributed by atoms with Gasteiger partial charge in [0.25, 0.3) is 0 Å². The van der Waals surface area contributed by atoms with Gasteiger partial charge < -0.3 is 10.0 Å². The zero-order valence-corrected chi connectivity index (χ0v) is 11.9. The third kappa shape index (κ3) is 3.05. The number of benzene rings is 1. The first-order chi connectivity index (χ1) is 10.6. The molecule has 2 heterocycles. The third-order valence-electron chi connectivity index (χ3n) is 4.00. The van der Waals surface area contributed by atoms with Crippen LogP contribution in [0.5, 0.6) is 0 Å². The Balaban J connectivity index is 1.63. The minimum Gasteiger partial charge on any atom is -0.478 e. The fourth-order valence-electron chi connectivity index (χ4n) is 2.74. The molecule has 2 aromatic rings. The molecule has 0 aliphatic carbocycles. The summed E-state index contributed by atoms with van der Waals surface area (Å²) in [6.45, 7) is 1.60. The molecule has 3 rings (SSSR count). The smallest absolute Gasteiger partial charge is 0.338 e. The van der Waals surface area contributed by atoms with Gasteiger partial charge in [0.1, 0.15) is 5.82 Å². The van der Waals surface area contributed by atoms with E-state index in [1.165, 1.54) is 24.5 Å². The van der Waals surface area contributed by atoms with Crippen molar-refractivity contribution in [2.45, 2.75) is 18.8 Å². The number of aromatic carboxylic acids is 1. The van der Waals surface area contributed by atoms with E-state index in [0.717, 1.165) is 31.5 Å². The number of carboxylic acids is 1. The van der Waals surface area contributed by atoms with Crippen molar-refractivity contribution in [3.8, 4) is 0 Å². The van der Waals surface area contributed by atoms with Crippen molar-refractivity contribution in [2.24, 2.45) is 0 Å². The molecular formula is C16H16FN3O2. The van der Waals surface area contributed by atoms with Crippen LogP contribution < -0.4 is 4.90 Å². The van der Waals surface area contributed by atoms with Crippen molar-refractivity contribution in [1.29, 1.82) is 0 Å². The molecule has 22 heavy (non-hydrogen) atoms. The lowest BCUT2D eigenvalue weighted by molar-refractivity contribution is 0.0696. The number of halogens is 1. The molecule has 6 heteroatoms. The van der Waals surface area contributed by atoms with E-state index in [1.807, 2.05) is 17.0 Å². The van der Waals surface area contributed by atoms with Crippen LogP contribution in [0.15, 0.2) is 36.7 Å². The monoisotopic (exact) mass is 301 g/mol. The van der Waals surface area contributed by atoms with E-state index in [-0.39, 0.29) is 11.4 Å². The van der Waals surface area contributed by atoms with Crippen molar-refractivity contribution in [3.05, 3.63) is 53.6 Å². The van der Waals surface area contributed by atoms with Crippen LogP contribution in [0.1, 0.15) is 34.7 Å². The van der Waals surface area contributed by atoms with E-state index in [1.54, 1.807) is 0 Å². The second-order valence-electron chi connectivity index (χ2n) is 5.39. The van der Waals surface area contributed by atoms with Crippen LogP contribution in [0.3, 0.4) is 0 Å². The van der Waals surface area contributed by atoms with Gasteiger partial charge in [0.2, 0.25) is 5.95 Å². The molecule has 1 aromatic carbocycles. The van der Waals surface area contributed by atoms with Gasteiger partial charge in [-0.15, -0.1) is 0 Å². The number of carboxylic acid groups (broad SMARTS) is 1. The summed E-state index contributed by atoms with van der Waals surface area (Å²) in [4.78, 5) is 21.1. The number of nitrogens with zero attached hydrogens (tertiary/aromatic N) is 3. The number of rotatable bonds is 3.